The van der Waals surface area contributed by atoms with Gasteiger partial charge in [0.05, 0.1) is 32.1 Å². The van der Waals surface area contributed by atoms with Crippen molar-refractivity contribution in [1.82, 2.24) is 19.6 Å². The Morgan fingerprint density at radius 3 is 2.70 bits per heavy atom. The summed E-state index contributed by atoms with van der Waals surface area (Å²) >= 11 is 0. The van der Waals surface area contributed by atoms with E-state index in [1.54, 1.807) is 17.3 Å². The number of nitrogens with one attached hydrogen (secondary N) is 1. The van der Waals surface area contributed by atoms with Gasteiger partial charge in [-0.2, -0.15) is 0 Å². The molecule has 1 saturated heterocycles. The SMILES string of the molecule is COC(=O)N1[C@H](C)C[C@H](NS(C)(=O)=O)[C@@H]1CO[C@@H]1CC[C@]2(c3ncccn3)C[C@@H]2C1. The summed E-state index contributed by atoms with van der Waals surface area (Å²) in [6.07, 6.45) is 8.79. The molecule has 166 valence electrons. The van der Waals surface area contributed by atoms with Crippen molar-refractivity contribution in [3.8, 4) is 0 Å². The third kappa shape index (κ3) is 4.17. The van der Waals surface area contributed by atoms with Crippen LogP contribution < -0.4 is 4.72 Å². The van der Waals surface area contributed by atoms with Gasteiger partial charge in [0.25, 0.3) is 0 Å². The monoisotopic (exact) mass is 438 g/mol. The molecule has 0 spiro atoms. The number of rotatable bonds is 6. The van der Waals surface area contributed by atoms with Gasteiger partial charge in [0.1, 0.15) is 5.82 Å². The van der Waals surface area contributed by atoms with E-state index in [9.17, 15) is 13.2 Å². The number of hydrogen-bond donors (Lipinski definition) is 1. The molecule has 0 radical (unpaired) electrons. The van der Waals surface area contributed by atoms with E-state index >= 15 is 0 Å². The molecular formula is C20H30N4O5S. The van der Waals surface area contributed by atoms with Crippen molar-refractivity contribution >= 4 is 16.1 Å². The Morgan fingerprint density at radius 1 is 1.33 bits per heavy atom. The Kier molecular flexibility index (Phi) is 5.75. The van der Waals surface area contributed by atoms with E-state index in [0.717, 1.165) is 37.8 Å². The highest BCUT2D eigenvalue weighted by molar-refractivity contribution is 7.88. The average molecular weight is 439 g/mol. The number of fused-ring (bicyclic) bond motifs is 1. The molecule has 0 aromatic carbocycles. The first-order valence-electron chi connectivity index (χ1n) is 10.5. The number of ether oxygens (including phenoxy) is 2. The molecular weight excluding hydrogens is 408 g/mol. The number of amides is 1. The van der Waals surface area contributed by atoms with Gasteiger partial charge in [0, 0.05) is 29.9 Å². The molecule has 4 rings (SSSR count). The molecule has 2 aliphatic carbocycles. The van der Waals surface area contributed by atoms with Gasteiger partial charge < -0.3 is 9.47 Å². The van der Waals surface area contributed by atoms with Crippen LogP contribution in [0.3, 0.4) is 0 Å². The fourth-order valence-corrected chi connectivity index (χ4v) is 6.16. The molecule has 30 heavy (non-hydrogen) atoms. The Bertz CT molecular complexity index is 882. The minimum absolute atomic E-state index is 0.0867. The minimum Gasteiger partial charge on any atom is -0.453 e. The second-order valence-electron chi connectivity index (χ2n) is 8.89. The Hall–Kier alpha value is -1.78. The molecule has 6 atom stereocenters. The van der Waals surface area contributed by atoms with Crippen LogP contribution in [0.15, 0.2) is 18.5 Å². The third-order valence-electron chi connectivity index (χ3n) is 6.85. The first kappa shape index (κ1) is 21.5. The molecule has 3 fully saturated rings. The summed E-state index contributed by atoms with van der Waals surface area (Å²) in [7, 11) is -2.06. The van der Waals surface area contributed by atoms with Crippen LogP contribution in [0.25, 0.3) is 0 Å². The van der Waals surface area contributed by atoms with E-state index < -0.39 is 28.2 Å². The number of aromatic nitrogens is 2. The topological polar surface area (TPSA) is 111 Å². The first-order chi connectivity index (χ1) is 14.2. The summed E-state index contributed by atoms with van der Waals surface area (Å²) in [4.78, 5) is 22.8. The maximum absolute atomic E-state index is 12.3. The van der Waals surface area contributed by atoms with Gasteiger partial charge in [-0.25, -0.2) is 27.9 Å². The van der Waals surface area contributed by atoms with E-state index in [1.807, 2.05) is 13.0 Å². The van der Waals surface area contributed by atoms with E-state index in [4.69, 9.17) is 9.47 Å². The highest BCUT2D eigenvalue weighted by Gasteiger charge is 2.60. The second-order valence-corrected chi connectivity index (χ2v) is 10.7. The predicted octanol–water partition coefficient (Wildman–Crippen LogP) is 1.45. The van der Waals surface area contributed by atoms with Crippen LogP contribution in [0.1, 0.15) is 44.9 Å². The molecule has 9 nitrogen and oxygen atoms in total. The van der Waals surface area contributed by atoms with Crippen LogP contribution in [-0.4, -0.2) is 73.6 Å². The van der Waals surface area contributed by atoms with Crippen molar-refractivity contribution in [3.63, 3.8) is 0 Å². The third-order valence-corrected chi connectivity index (χ3v) is 7.58. The van der Waals surface area contributed by atoms with Gasteiger partial charge in [0.15, 0.2) is 0 Å². The van der Waals surface area contributed by atoms with E-state index in [-0.39, 0.29) is 24.2 Å². The van der Waals surface area contributed by atoms with Crippen LogP contribution in [0, 0.1) is 5.92 Å². The molecule has 0 unspecified atom stereocenters. The van der Waals surface area contributed by atoms with Gasteiger partial charge in [-0.05, 0) is 51.0 Å². The Morgan fingerprint density at radius 2 is 2.07 bits per heavy atom. The number of carbonyl (C=O) groups is 1. The van der Waals surface area contributed by atoms with Gasteiger partial charge in [-0.3, -0.25) is 4.90 Å². The summed E-state index contributed by atoms with van der Waals surface area (Å²) in [5.74, 6) is 1.45. The van der Waals surface area contributed by atoms with Crippen molar-refractivity contribution in [2.75, 3.05) is 20.0 Å². The number of carbonyl (C=O) groups excluding carboxylic acids is 1. The molecule has 1 amide bonds. The largest absolute Gasteiger partial charge is 0.453 e. The zero-order valence-corrected chi connectivity index (χ0v) is 18.5. The van der Waals surface area contributed by atoms with Gasteiger partial charge in [-0.15, -0.1) is 0 Å². The van der Waals surface area contributed by atoms with Crippen LogP contribution >= 0.6 is 0 Å². The average Bonchev–Trinajstić information content (AvgIpc) is 3.37. The fourth-order valence-electron chi connectivity index (χ4n) is 5.36. The van der Waals surface area contributed by atoms with Gasteiger partial charge in [-0.1, -0.05) is 0 Å². The van der Waals surface area contributed by atoms with Crippen LogP contribution in [0.4, 0.5) is 4.79 Å². The number of methoxy groups -OCH3 is 1. The molecule has 1 aliphatic heterocycles. The van der Waals surface area contributed by atoms with E-state index in [2.05, 4.69) is 14.7 Å². The zero-order chi connectivity index (χ0) is 21.5. The number of hydrogen-bond acceptors (Lipinski definition) is 7. The Labute approximate surface area is 177 Å². The highest BCUT2D eigenvalue weighted by atomic mass is 32.2. The normalized spacial score (nSPS) is 35.7. The van der Waals surface area contributed by atoms with Crippen molar-refractivity contribution in [2.24, 2.45) is 5.92 Å². The van der Waals surface area contributed by atoms with Gasteiger partial charge in [0.2, 0.25) is 10.0 Å². The lowest BCUT2D eigenvalue weighted by molar-refractivity contribution is -0.0103. The molecule has 3 aliphatic rings. The molecule has 2 heterocycles. The van der Waals surface area contributed by atoms with Crippen molar-refractivity contribution < 1.29 is 22.7 Å². The number of nitrogens with zero attached hydrogens (tertiary/aromatic N) is 3. The maximum Gasteiger partial charge on any atom is 0.410 e. The summed E-state index contributed by atoms with van der Waals surface area (Å²) < 4.78 is 37.5. The standard InChI is InChI=1S/C20H30N4O5S/c1-13-9-16(23-30(3,26)27)17(24(13)19(25)28-2)12-29-15-5-6-20(11-14(20)10-15)18-21-7-4-8-22-18/h4,7-8,13-17,23H,5-6,9-12H2,1-3H3/t13-,14+,15-,16+,17+,20+/m1/s1. The Balaban J connectivity index is 1.39. The number of likely N-dealkylation sites (tertiary alicyclic amines) is 1. The summed E-state index contributed by atoms with van der Waals surface area (Å²) in [5.41, 5.74) is 0.0986. The smallest absolute Gasteiger partial charge is 0.410 e. The summed E-state index contributed by atoms with van der Waals surface area (Å²) in [6.45, 7) is 2.17. The van der Waals surface area contributed by atoms with Crippen LogP contribution in [0.5, 0.6) is 0 Å². The van der Waals surface area contributed by atoms with Crippen molar-refractivity contribution in [3.05, 3.63) is 24.3 Å². The molecule has 1 aromatic heterocycles. The second kappa shape index (κ2) is 8.05. The summed E-state index contributed by atoms with van der Waals surface area (Å²) in [5, 5.41) is 0. The molecule has 1 aromatic rings. The number of sulfonamides is 1. The van der Waals surface area contributed by atoms with E-state index in [1.165, 1.54) is 7.11 Å². The van der Waals surface area contributed by atoms with Crippen LogP contribution in [-0.2, 0) is 24.9 Å². The zero-order valence-electron chi connectivity index (χ0n) is 17.7. The quantitative estimate of drug-likeness (QED) is 0.716. The summed E-state index contributed by atoms with van der Waals surface area (Å²) in [6, 6.07) is 0.909. The molecule has 10 heteroatoms. The van der Waals surface area contributed by atoms with Crippen molar-refractivity contribution in [2.45, 2.75) is 68.7 Å². The maximum atomic E-state index is 12.3. The van der Waals surface area contributed by atoms with Crippen molar-refractivity contribution in [1.29, 1.82) is 0 Å². The molecule has 0 bridgehead atoms. The fraction of sp³-hybridized carbons (Fsp3) is 0.750. The lowest BCUT2D eigenvalue weighted by Gasteiger charge is -2.32. The first-order valence-corrected chi connectivity index (χ1v) is 12.4. The lowest BCUT2D eigenvalue weighted by atomic mass is 9.86. The van der Waals surface area contributed by atoms with Gasteiger partial charge >= 0.3 is 6.09 Å². The molecule has 1 N–H and O–H groups in total. The molecule has 2 saturated carbocycles. The predicted molar refractivity (Wildman–Crippen MR) is 109 cm³/mol. The highest BCUT2D eigenvalue weighted by Crippen LogP contribution is 2.61. The van der Waals surface area contributed by atoms with E-state index in [0.29, 0.717) is 12.3 Å². The van der Waals surface area contributed by atoms with Crippen LogP contribution in [0.2, 0.25) is 0 Å². The minimum atomic E-state index is -3.40. The lowest BCUT2D eigenvalue weighted by Crippen LogP contribution is -2.50.